The van der Waals surface area contributed by atoms with E-state index in [1.54, 1.807) is 17.5 Å². The fourth-order valence-corrected chi connectivity index (χ4v) is 5.81. The number of aromatic hydroxyl groups is 1. The first-order valence-corrected chi connectivity index (χ1v) is 12.5. The second-order valence-corrected chi connectivity index (χ2v) is 9.99. The molecule has 1 aliphatic carbocycles. The quantitative estimate of drug-likeness (QED) is 0.352. The van der Waals surface area contributed by atoms with Crippen molar-refractivity contribution in [2.45, 2.75) is 43.9 Å². The lowest BCUT2D eigenvalue weighted by atomic mass is 10.1. The molecule has 5 nitrogen and oxygen atoms in total. The fraction of sp³-hybridized carbons (Fsp3) is 0.333. The Labute approximate surface area is 185 Å². The van der Waals surface area contributed by atoms with Crippen LogP contribution in [-0.2, 0) is 18.1 Å². The summed E-state index contributed by atoms with van der Waals surface area (Å²) in [6.07, 6.45) is 6.21. The van der Waals surface area contributed by atoms with Crippen LogP contribution in [0.2, 0.25) is 0 Å². The number of phenolic OH excluding ortho intramolecular Hbond substituents is 1. The number of rotatable bonds is 7. The predicted molar refractivity (Wildman–Crippen MR) is 123 cm³/mol. The van der Waals surface area contributed by atoms with E-state index in [-0.39, 0.29) is 0 Å². The monoisotopic (exact) mass is 488 g/mol. The van der Waals surface area contributed by atoms with Gasteiger partial charge in [-0.3, -0.25) is 0 Å². The summed E-state index contributed by atoms with van der Waals surface area (Å²) in [6.45, 7) is 2.59. The summed E-state index contributed by atoms with van der Waals surface area (Å²) < 4.78 is 5.31. The van der Waals surface area contributed by atoms with Gasteiger partial charge in [-0.1, -0.05) is 0 Å². The molecule has 5 rings (SSSR count). The second-order valence-electron chi connectivity index (χ2n) is 7.43. The van der Waals surface area contributed by atoms with Gasteiger partial charge in [-0.05, 0) is 47.8 Å². The molecule has 0 radical (unpaired) electrons. The summed E-state index contributed by atoms with van der Waals surface area (Å²) in [5.74, 6) is 3.12. The molecule has 150 valence electrons. The molecule has 0 unspecified atom stereocenters. The number of fused-ring (bicyclic) bond motifs is 1. The number of imidazole rings is 1. The SMILES string of the molecule is Cc1nccn1Cc1c(O)c(Br)cc2c1cc(CSCc1cscn1)n2C1CC1. The Morgan fingerprint density at radius 1 is 1.28 bits per heavy atom. The van der Waals surface area contributed by atoms with E-state index in [1.165, 1.54) is 24.1 Å². The third-order valence-corrected chi connectivity index (χ3v) is 7.64. The van der Waals surface area contributed by atoms with Gasteiger partial charge in [0.2, 0.25) is 0 Å². The van der Waals surface area contributed by atoms with Crippen LogP contribution in [0, 0.1) is 6.92 Å². The normalized spacial score (nSPS) is 14.1. The van der Waals surface area contributed by atoms with Crippen molar-refractivity contribution in [2.24, 2.45) is 0 Å². The van der Waals surface area contributed by atoms with Crippen molar-refractivity contribution in [3.8, 4) is 5.75 Å². The van der Waals surface area contributed by atoms with Crippen molar-refractivity contribution in [3.05, 3.63) is 62.7 Å². The van der Waals surface area contributed by atoms with Gasteiger partial charge in [-0.2, -0.15) is 0 Å². The van der Waals surface area contributed by atoms with Crippen LogP contribution in [0.3, 0.4) is 0 Å². The number of hydrogen-bond acceptors (Lipinski definition) is 5. The number of aromatic nitrogens is 4. The van der Waals surface area contributed by atoms with Gasteiger partial charge in [0.05, 0.1) is 27.7 Å². The van der Waals surface area contributed by atoms with Gasteiger partial charge in [-0.15, -0.1) is 23.1 Å². The first-order valence-electron chi connectivity index (χ1n) is 9.58. The first kappa shape index (κ1) is 19.2. The lowest BCUT2D eigenvalue weighted by molar-refractivity contribution is 0.463. The number of thioether (sulfide) groups is 1. The van der Waals surface area contributed by atoms with Gasteiger partial charge >= 0.3 is 0 Å². The number of benzene rings is 1. The van der Waals surface area contributed by atoms with Crippen LogP contribution in [0.1, 0.15) is 41.7 Å². The largest absolute Gasteiger partial charge is 0.506 e. The molecular weight excluding hydrogens is 468 g/mol. The molecule has 4 aromatic rings. The maximum absolute atomic E-state index is 10.8. The van der Waals surface area contributed by atoms with Crippen molar-refractivity contribution in [1.29, 1.82) is 0 Å². The topological polar surface area (TPSA) is 55.9 Å². The van der Waals surface area contributed by atoms with Crippen LogP contribution in [0.4, 0.5) is 0 Å². The summed E-state index contributed by atoms with van der Waals surface area (Å²) in [5.41, 5.74) is 6.51. The maximum Gasteiger partial charge on any atom is 0.135 e. The number of hydrogen-bond donors (Lipinski definition) is 1. The molecule has 1 aliphatic rings. The molecule has 1 aromatic carbocycles. The summed E-state index contributed by atoms with van der Waals surface area (Å²) in [5, 5.41) is 14.1. The van der Waals surface area contributed by atoms with Crippen molar-refractivity contribution < 1.29 is 5.11 Å². The van der Waals surface area contributed by atoms with Crippen LogP contribution < -0.4 is 0 Å². The smallest absolute Gasteiger partial charge is 0.135 e. The van der Waals surface area contributed by atoms with E-state index in [0.717, 1.165) is 38.4 Å². The number of nitrogens with zero attached hydrogens (tertiary/aromatic N) is 4. The zero-order valence-electron chi connectivity index (χ0n) is 16.0. The molecule has 1 saturated carbocycles. The highest BCUT2D eigenvalue weighted by Gasteiger charge is 2.29. The highest BCUT2D eigenvalue weighted by Crippen LogP contribution is 2.44. The highest BCUT2D eigenvalue weighted by molar-refractivity contribution is 9.10. The van der Waals surface area contributed by atoms with Crippen LogP contribution in [0.25, 0.3) is 10.9 Å². The maximum atomic E-state index is 10.8. The van der Waals surface area contributed by atoms with Gasteiger partial charge in [0.1, 0.15) is 11.6 Å². The number of aryl methyl sites for hydroxylation is 1. The van der Waals surface area contributed by atoms with Crippen molar-refractivity contribution in [3.63, 3.8) is 0 Å². The summed E-state index contributed by atoms with van der Waals surface area (Å²) >= 11 is 7.12. The van der Waals surface area contributed by atoms with E-state index < -0.39 is 0 Å². The molecule has 0 aliphatic heterocycles. The van der Waals surface area contributed by atoms with Crippen molar-refractivity contribution >= 4 is 49.9 Å². The van der Waals surface area contributed by atoms with Gasteiger partial charge in [0.25, 0.3) is 0 Å². The van der Waals surface area contributed by atoms with Crippen LogP contribution in [-0.4, -0.2) is 24.2 Å². The number of halogens is 1. The van der Waals surface area contributed by atoms with Gasteiger partial charge in [-0.25, -0.2) is 9.97 Å². The molecule has 0 bridgehead atoms. The molecule has 0 atom stereocenters. The molecule has 3 aromatic heterocycles. The summed E-state index contributed by atoms with van der Waals surface area (Å²) in [7, 11) is 0. The molecule has 29 heavy (non-hydrogen) atoms. The molecule has 1 fully saturated rings. The Hall–Kier alpha value is -1.77. The van der Waals surface area contributed by atoms with E-state index >= 15 is 0 Å². The molecule has 8 heteroatoms. The minimum Gasteiger partial charge on any atom is -0.506 e. The lowest BCUT2D eigenvalue weighted by Crippen LogP contribution is -2.03. The minimum absolute atomic E-state index is 0.320. The van der Waals surface area contributed by atoms with Crippen LogP contribution in [0.15, 0.2) is 39.9 Å². The van der Waals surface area contributed by atoms with Gasteiger partial charge in [0, 0.05) is 52.0 Å². The van der Waals surface area contributed by atoms with E-state index in [1.807, 2.05) is 30.4 Å². The Kier molecular flexibility index (Phi) is 5.17. The lowest BCUT2D eigenvalue weighted by Gasteiger charge is -2.13. The Bertz CT molecular complexity index is 1160. The predicted octanol–water partition coefficient (Wildman–Crippen LogP) is 5.89. The molecule has 0 amide bonds. The van der Waals surface area contributed by atoms with Gasteiger partial charge in [0.15, 0.2) is 0 Å². The second kappa shape index (κ2) is 7.81. The van der Waals surface area contributed by atoms with E-state index in [0.29, 0.717) is 18.3 Å². The first-order chi connectivity index (χ1) is 14.1. The third-order valence-electron chi connectivity index (χ3n) is 5.40. The van der Waals surface area contributed by atoms with E-state index in [4.69, 9.17) is 0 Å². The zero-order chi connectivity index (χ0) is 20.0. The molecular formula is C21H21BrN4OS2. The van der Waals surface area contributed by atoms with E-state index in [9.17, 15) is 5.11 Å². The third kappa shape index (κ3) is 3.73. The standard InChI is InChI=1S/C21H21BrN4OS2/c1-13-23-4-5-25(13)8-18-17-6-16(11-28-9-14-10-29-12-24-14)26(15-2-3-15)20(17)7-19(22)21(18)27/h4-7,10,12,15,27H,2-3,8-9,11H2,1H3. The average Bonchev–Trinajstić information content (AvgIpc) is 3.09. The molecule has 1 N–H and O–H groups in total. The zero-order valence-corrected chi connectivity index (χ0v) is 19.2. The van der Waals surface area contributed by atoms with Crippen LogP contribution in [0.5, 0.6) is 5.75 Å². The van der Waals surface area contributed by atoms with E-state index in [2.05, 4.69) is 52.5 Å². The Morgan fingerprint density at radius 2 is 2.14 bits per heavy atom. The average molecular weight is 489 g/mol. The molecule has 3 heterocycles. The van der Waals surface area contributed by atoms with Crippen LogP contribution >= 0.6 is 39.0 Å². The minimum atomic E-state index is 0.320. The Morgan fingerprint density at radius 3 is 2.83 bits per heavy atom. The summed E-state index contributed by atoms with van der Waals surface area (Å²) in [6, 6.07) is 4.92. The number of thiazole rings is 1. The van der Waals surface area contributed by atoms with Gasteiger partial charge < -0.3 is 14.2 Å². The highest BCUT2D eigenvalue weighted by atomic mass is 79.9. The van der Waals surface area contributed by atoms with Crippen molar-refractivity contribution in [2.75, 3.05) is 0 Å². The molecule has 0 spiro atoms. The summed E-state index contributed by atoms with van der Waals surface area (Å²) in [4.78, 5) is 8.72. The Balaban J connectivity index is 1.54. The van der Waals surface area contributed by atoms with Crippen molar-refractivity contribution in [1.82, 2.24) is 19.1 Å². The molecule has 0 saturated heterocycles. The number of phenols is 1. The fourth-order valence-electron chi connectivity index (χ4n) is 3.79.